The van der Waals surface area contributed by atoms with E-state index < -0.39 is 5.82 Å². The third-order valence-corrected chi connectivity index (χ3v) is 4.41. The van der Waals surface area contributed by atoms with E-state index in [-0.39, 0.29) is 5.91 Å². The lowest BCUT2D eigenvalue weighted by Crippen LogP contribution is -2.28. The molecule has 0 saturated heterocycles. The molecule has 3 rings (SSSR count). The molecule has 0 fully saturated rings. The maximum Gasteiger partial charge on any atom is 0.276 e. The van der Waals surface area contributed by atoms with Gasteiger partial charge in [0, 0.05) is 20.3 Å². The fraction of sp³-hybridized carbons (Fsp3) is 0.125. The van der Waals surface area contributed by atoms with Crippen LogP contribution >= 0.6 is 11.8 Å². The van der Waals surface area contributed by atoms with Crippen LogP contribution in [0.15, 0.2) is 59.2 Å². The Kier molecular flexibility index (Phi) is 4.57. The van der Waals surface area contributed by atoms with Gasteiger partial charge in [-0.1, -0.05) is 0 Å². The van der Waals surface area contributed by atoms with Crippen molar-refractivity contribution in [3.05, 3.63) is 60.6 Å². The van der Waals surface area contributed by atoms with Gasteiger partial charge in [0.1, 0.15) is 16.5 Å². The quantitative estimate of drug-likeness (QED) is 0.729. The molecule has 0 unspecified atom stereocenters. The van der Waals surface area contributed by atoms with E-state index in [4.69, 9.17) is 0 Å². The van der Waals surface area contributed by atoms with Gasteiger partial charge in [-0.25, -0.2) is 14.4 Å². The minimum atomic E-state index is -0.395. The van der Waals surface area contributed by atoms with Crippen LogP contribution in [0.2, 0.25) is 0 Å². The zero-order valence-electron chi connectivity index (χ0n) is 13.0. The highest BCUT2D eigenvalue weighted by Crippen LogP contribution is 2.25. The number of carbonyl (C=O) groups is 1. The van der Waals surface area contributed by atoms with Crippen molar-refractivity contribution < 1.29 is 9.18 Å². The number of hydrogen-bond donors (Lipinski definition) is 0. The lowest BCUT2D eigenvalue weighted by atomic mass is 10.3. The second kappa shape index (κ2) is 6.79. The molecule has 3 aromatic rings. The molecule has 0 atom stereocenters. The fourth-order valence-electron chi connectivity index (χ4n) is 2.04. The summed E-state index contributed by atoms with van der Waals surface area (Å²) in [5, 5.41) is 1.20. The lowest BCUT2D eigenvalue weighted by Gasteiger charge is -2.16. The Morgan fingerprint density at radius 1 is 1.21 bits per heavy atom. The molecule has 24 heavy (non-hydrogen) atoms. The number of carbonyl (C=O) groups excluding carboxylic acids is 1. The molecule has 0 radical (unpaired) electrons. The third kappa shape index (κ3) is 3.28. The fourth-order valence-corrected chi connectivity index (χ4v) is 2.81. The molecule has 3 heterocycles. The summed E-state index contributed by atoms with van der Waals surface area (Å²) in [6, 6.07) is 6.47. The van der Waals surface area contributed by atoms with Gasteiger partial charge in [-0.15, -0.1) is 0 Å². The molecule has 122 valence electrons. The Morgan fingerprint density at radius 3 is 2.71 bits per heavy atom. The van der Waals surface area contributed by atoms with Gasteiger partial charge in [-0.2, -0.15) is 0 Å². The highest BCUT2D eigenvalue weighted by atomic mass is 32.2. The van der Waals surface area contributed by atoms with Crippen molar-refractivity contribution in [2.45, 2.75) is 10.2 Å². The topological polar surface area (TPSA) is 63.9 Å². The maximum absolute atomic E-state index is 12.9. The summed E-state index contributed by atoms with van der Waals surface area (Å²) in [4.78, 5) is 26.4. The molecule has 0 saturated carbocycles. The summed E-state index contributed by atoms with van der Waals surface area (Å²) in [7, 11) is 3.43. The van der Waals surface area contributed by atoms with Crippen molar-refractivity contribution in [1.29, 1.82) is 0 Å². The first kappa shape index (κ1) is 16.1. The molecule has 0 aliphatic heterocycles. The molecule has 3 aromatic heterocycles. The Bertz CT molecular complexity index is 851. The predicted molar refractivity (Wildman–Crippen MR) is 88.5 cm³/mol. The van der Waals surface area contributed by atoms with Crippen LogP contribution in [0.4, 0.5) is 10.1 Å². The molecular weight excluding hydrogens is 329 g/mol. The van der Waals surface area contributed by atoms with Crippen LogP contribution in [-0.2, 0) is 7.05 Å². The van der Waals surface area contributed by atoms with E-state index in [2.05, 4.69) is 15.0 Å². The SMILES string of the molecule is CN(C(=O)c1cnc(Sc2ccc(F)cn2)n1C)c1cccnc1. The number of anilines is 1. The molecule has 0 aliphatic rings. The molecule has 0 aromatic carbocycles. The zero-order chi connectivity index (χ0) is 17.1. The van der Waals surface area contributed by atoms with E-state index >= 15 is 0 Å². The number of halogens is 1. The molecular formula is C16H14FN5OS. The Hall–Kier alpha value is -2.74. The molecule has 6 nitrogen and oxygen atoms in total. The van der Waals surface area contributed by atoms with Crippen molar-refractivity contribution in [2.75, 3.05) is 11.9 Å². The number of hydrogen-bond acceptors (Lipinski definition) is 5. The van der Waals surface area contributed by atoms with E-state index in [0.29, 0.717) is 21.6 Å². The third-order valence-electron chi connectivity index (χ3n) is 3.40. The van der Waals surface area contributed by atoms with Gasteiger partial charge in [-0.05, 0) is 36.0 Å². The summed E-state index contributed by atoms with van der Waals surface area (Å²) in [6.45, 7) is 0. The first-order valence-electron chi connectivity index (χ1n) is 7.05. The van der Waals surface area contributed by atoms with Gasteiger partial charge in [0.25, 0.3) is 5.91 Å². The number of imidazole rings is 1. The van der Waals surface area contributed by atoms with Crippen molar-refractivity contribution in [1.82, 2.24) is 19.5 Å². The number of amides is 1. The Morgan fingerprint density at radius 2 is 2.04 bits per heavy atom. The van der Waals surface area contributed by atoms with Crippen LogP contribution in [0.3, 0.4) is 0 Å². The van der Waals surface area contributed by atoms with Crippen LogP contribution in [0.25, 0.3) is 0 Å². The smallest absolute Gasteiger partial charge is 0.276 e. The monoisotopic (exact) mass is 343 g/mol. The average molecular weight is 343 g/mol. The molecule has 0 bridgehead atoms. The van der Waals surface area contributed by atoms with Gasteiger partial charge in [0.05, 0.1) is 24.3 Å². The van der Waals surface area contributed by atoms with Gasteiger partial charge < -0.3 is 9.47 Å². The zero-order valence-corrected chi connectivity index (χ0v) is 13.9. The second-order valence-corrected chi connectivity index (χ2v) is 5.96. The van der Waals surface area contributed by atoms with Crippen molar-refractivity contribution >= 4 is 23.4 Å². The van der Waals surface area contributed by atoms with Crippen molar-refractivity contribution in [3.8, 4) is 0 Å². The van der Waals surface area contributed by atoms with E-state index in [1.54, 1.807) is 49.3 Å². The second-order valence-electron chi connectivity index (χ2n) is 4.98. The Labute approximate surface area is 142 Å². The van der Waals surface area contributed by atoms with Crippen LogP contribution < -0.4 is 4.90 Å². The minimum absolute atomic E-state index is 0.197. The normalized spacial score (nSPS) is 10.6. The summed E-state index contributed by atoms with van der Waals surface area (Å²) in [5.74, 6) is -0.593. The minimum Gasteiger partial charge on any atom is -0.318 e. The van der Waals surface area contributed by atoms with Crippen LogP contribution in [0, 0.1) is 5.82 Å². The molecule has 0 N–H and O–H groups in total. The van der Waals surface area contributed by atoms with E-state index in [1.807, 2.05) is 0 Å². The standard InChI is InChI=1S/C16H14FN5OS/c1-21(12-4-3-7-18-9-12)15(23)13-10-20-16(22(13)2)24-14-6-5-11(17)8-19-14/h3-10H,1-2H3. The van der Waals surface area contributed by atoms with Gasteiger partial charge in [0.15, 0.2) is 5.16 Å². The van der Waals surface area contributed by atoms with Crippen LogP contribution in [-0.4, -0.2) is 32.5 Å². The molecule has 0 aliphatic carbocycles. The van der Waals surface area contributed by atoms with Crippen LogP contribution in [0.5, 0.6) is 0 Å². The summed E-state index contributed by atoms with van der Waals surface area (Å²) in [5.41, 5.74) is 1.13. The molecule has 8 heteroatoms. The summed E-state index contributed by atoms with van der Waals surface area (Å²) >= 11 is 1.26. The van der Waals surface area contributed by atoms with E-state index in [0.717, 1.165) is 6.20 Å². The van der Waals surface area contributed by atoms with Crippen LogP contribution in [0.1, 0.15) is 10.5 Å². The first-order chi connectivity index (χ1) is 11.6. The summed E-state index contributed by atoms with van der Waals surface area (Å²) in [6.07, 6.45) is 5.93. The predicted octanol–water partition coefficient (Wildman–Crippen LogP) is 2.78. The number of nitrogens with zero attached hydrogens (tertiary/aromatic N) is 5. The van der Waals surface area contributed by atoms with E-state index in [9.17, 15) is 9.18 Å². The first-order valence-corrected chi connectivity index (χ1v) is 7.87. The van der Waals surface area contributed by atoms with E-state index in [1.165, 1.54) is 28.9 Å². The number of rotatable bonds is 4. The maximum atomic E-state index is 12.9. The van der Waals surface area contributed by atoms with Crippen molar-refractivity contribution in [3.63, 3.8) is 0 Å². The van der Waals surface area contributed by atoms with Gasteiger partial charge in [0.2, 0.25) is 0 Å². The number of aromatic nitrogens is 4. The summed E-state index contributed by atoms with van der Waals surface area (Å²) < 4.78 is 14.6. The number of pyridine rings is 2. The molecule has 0 spiro atoms. The van der Waals surface area contributed by atoms with Crippen molar-refractivity contribution in [2.24, 2.45) is 7.05 Å². The lowest BCUT2D eigenvalue weighted by molar-refractivity contribution is 0.0984. The van der Waals surface area contributed by atoms with Gasteiger partial charge >= 0.3 is 0 Å². The largest absolute Gasteiger partial charge is 0.318 e. The Balaban J connectivity index is 1.81. The van der Waals surface area contributed by atoms with Gasteiger partial charge in [-0.3, -0.25) is 9.78 Å². The molecule has 1 amide bonds. The average Bonchev–Trinajstić information content (AvgIpc) is 2.97. The highest BCUT2D eigenvalue weighted by molar-refractivity contribution is 7.99. The highest BCUT2D eigenvalue weighted by Gasteiger charge is 2.19.